The van der Waals surface area contributed by atoms with Crippen molar-refractivity contribution in [1.82, 2.24) is 0 Å². The molecule has 3 heteroatoms. The molecular weight excluding hydrogens is 291 g/mol. The van der Waals surface area contributed by atoms with Crippen molar-refractivity contribution in [1.29, 1.82) is 0 Å². The van der Waals surface area contributed by atoms with Gasteiger partial charge in [-0.1, -0.05) is 51.4 Å². The van der Waals surface area contributed by atoms with Crippen molar-refractivity contribution in [3.8, 4) is 0 Å². The molecule has 0 aromatic rings. The average Bonchev–Trinajstić information content (AvgIpc) is 2.48. The van der Waals surface area contributed by atoms with Crippen LogP contribution in [0.4, 0.5) is 0 Å². The van der Waals surface area contributed by atoms with Crippen LogP contribution in [0.15, 0.2) is 0 Å². The predicted octanol–water partition coefficient (Wildman–Crippen LogP) is 6.17. The van der Waals surface area contributed by atoms with Crippen molar-refractivity contribution >= 4 is 13.9 Å². The number of rotatable bonds is 11. The maximum atomic E-state index is 10.4. The molecule has 2 heterocycles. The molecule has 0 atom stereocenters. The fourth-order valence-corrected chi connectivity index (χ4v) is 8.40. The van der Waals surface area contributed by atoms with E-state index in [1.54, 1.807) is 31.8 Å². The van der Waals surface area contributed by atoms with E-state index in [1.807, 2.05) is 0 Å². The third-order valence-electron chi connectivity index (χ3n) is 5.64. The first kappa shape index (κ1) is 18.2. The lowest BCUT2D eigenvalue weighted by atomic mass is 9.99. The summed E-state index contributed by atoms with van der Waals surface area (Å²) in [6, 6.07) is 0. The molecule has 0 aliphatic carbocycles. The number of carbonyl (C=O) groups is 1. The quantitative estimate of drug-likeness (QED) is 0.364. The highest BCUT2D eigenvalue weighted by atomic mass is 31.1. The van der Waals surface area contributed by atoms with Crippen molar-refractivity contribution in [3.63, 3.8) is 0 Å². The zero-order valence-corrected chi connectivity index (χ0v) is 15.2. The first-order valence-electron chi connectivity index (χ1n) is 9.75. The molecule has 1 N–H and O–H groups in total. The van der Waals surface area contributed by atoms with Gasteiger partial charge >= 0.3 is 5.97 Å². The zero-order chi connectivity index (χ0) is 15.6. The second-order valence-corrected chi connectivity index (χ2v) is 10.3. The van der Waals surface area contributed by atoms with E-state index >= 15 is 0 Å². The Labute approximate surface area is 138 Å². The van der Waals surface area contributed by atoms with Gasteiger partial charge in [0.15, 0.2) is 0 Å². The lowest BCUT2D eigenvalue weighted by molar-refractivity contribution is -0.137. The van der Waals surface area contributed by atoms with Gasteiger partial charge in [-0.3, -0.25) is 4.79 Å². The molecule has 0 unspecified atom stereocenters. The molecule has 22 heavy (non-hydrogen) atoms. The van der Waals surface area contributed by atoms with E-state index in [1.165, 1.54) is 51.4 Å². The summed E-state index contributed by atoms with van der Waals surface area (Å²) in [4.78, 5) is 10.4. The summed E-state index contributed by atoms with van der Waals surface area (Å²) in [5.74, 6) is -0.644. The van der Waals surface area contributed by atoms with Crippen LogP contribution in [0.5, 0.6) is 0 Å². The van der Waals surface area contributed by atoms with Gasteiger partial charge in [0.05, 0.1) is 0 Å². The summed E-state index contributed by atoms with van der Waals surface area (Å²) in [5, 5.41) is 8.58. The minimum atomic E-state index is -0.644. The van der Waals surface area contributed by atoms with Gasteiger partial charge in [0, 0.05) is 6.42 Å². The predicted molar refractivity (Wildman–Crippen MR) is 96.3 cm³/mol. The summed E-state index contributed by atoms with van der Waals surface area (Å²) in [5.41, 5.74) is 2.30. The van der Waals surface area contributed by atoms with E-state index in [2.05, 4.69) is 0 Å². The molecule has 2 aliphatic rings. The highest BCUT2D eigenvalue weighted by Crippen LogP contribution is 2.59. The molecule has 2 fully saturated rings. The molecule has 2 bridgehead atoms. The van der Waals surface area contributed by atoms with Crippen LogP contribution in [0.3, 0.4) is 0 Å². The Morgan fingerprint density at radius 1 is 0.773 bits per heavy atom. The number of fused-ring (bicyclic) bond motifs is 2. The van der Waals surface area contributed by atoms with Gasteiger partial charge in [-0.05, 0) is 56.0 Å². The van der Waals surface area contributed by atoms with Crippen molar-refractivity contribution < 1.29 is 9.90 Å². The van der Waals surface area contributed by atoms with Crippen LogP contribution in [0.25, 0.3) is 0 Å². The van der Waals surface area contributed by atoms with E-state index in [0.29, 0.717) is 14.3 Å². The lowest BCUT2D eigenvalue weighted by Gasteiger charge is -2.43. The van der Waals surface area contributed by atoms with Crippen molar-refractivity contribution in [3.05, 3.63) is 0 Å². The van der Waals surface area contributed by atoms with Crippen LogP contribution in [-0.4, -0.2) is 28.6 Å². The molecule has 0 amide bonds. The average molecular weight is 326 g/mol. The Hall–Kier alpha value is -0.100. The standard InChI is InChI=1S/C19H35O2P/c20-19(21)15-7-5-3-1-2-4-6-8-16-22-17-11-9-12-18(22)14-10-13-17/h17-18H,1-16H2,(H,20,21). The molecule has 0 radical (unpaired) electrons. The monoisotopic (exact) mass is 326 g/mol. The van der Waals surface area contributed by atoms with Crippen LogP contribution in [0, 0.1) is 0 Å². The highest BCUT2D eigenvalue weighted by molar-refractivity contribution is 7.59. The van der Waals surface area contributed by atoms with Crippen LogP contribution >= 0.6 is 7.92 Å². The summed E-state index contributed by atoms with van der Waals surface area (Å²) in [6.45, 7) is 0. The number of hydrogen-bond acceptors (Lipinski definition) is 1. The maximum absolute atomic E-state index is 10.4. The maximum Gasteiger partial charge on any atom is 0.303 e. The number of carboxylic acids is 1. The van der Waals surface area contributed by atoms with Gasteiger partial charge in [-0.2, -0.15) is 0 Å². The van der Waals surface area contributed by atoms with E-state index in [-0.39, 0.29) is 0 Å². The van der Waals surface area contributed by atoms with Gasteiger partial charge in [-0.15, -0.1) is 7.92 Å². The highest BCUT2D eigenvalue weighted by Gasteiger charge is 2.34. The molecule has 2 rings (SSSR count). The molecule has 0 aromatic carbocycles. The van der Waals surface area contributed by atoms with Crippen molar-refractivity contribution in [2.24, 2.45) is 0 Å². The van der Waals surface area contributed by atoms with Gasteiger partial charge in [-0.25, -0.2) is 0 Å². The second-order valence-electron chi connectivity index (χ2n) is 7.38. The first-order chi connectivity index (χ1) is 10.8. The number of carboxylic acid groups (broad SMARTS) is 1. The minimum Gasteiger partial charge on any atom is -0.481 e. The van der Waals surface area contributed by atoms with Crippen LogP contribution in [0.2, 0.25) is 0 Å². The van der Waals surface area contributed by atoms with E-state index in [9.17, 15) is 4.79 Å². The zero-order valence-electron chi connectivity index (χ0n) is 14.3. The summed E-state index contributed by atoms with van der Waals surface area (Å²) >= 11 is 0. The SMILES string of the molecule is O=C(O)CCCCCCCCCCP1C2CCCC1CCC2. The van der Waals surface area contributed by atoms with Crippen LogP contribution in [-0.2, 0) is 4.79 Å². The minimum absolute atomic E-state index is 0.353. The normalized spacial score (nSPS) is 27.7. The third-order valence-corrected chi connectivity index (χ3v) is 9.39. The number of aliphatic carboxylic acids is 1. The van der Waals surface area contributed by atoms with Crippen LogP contribution < -0.4 is 0 Å². The Balaban J connectivity index is 1.42. The molecule has 2 saturated heterocycles. The molecule has 128 valence electrons. The lowest BCUT2D eigenvalue weighted by Crippen LogP contribution is -2.27. The molecule has 2 nitrogen and oxygen atoms in total. The fourth-order valence-electron chi connectivity index (χ4n) is 4.42. The van der Waals surface area contributed by atoms with Gasteiger partial charge in [0.1, 0.15) is 0 Å². The Morgan fingerprint density at radius 3 is 1.73 bits per heavy atom. The largest absolute Gasteiger partial charge is 0.481 e. The van der Waals surface area contributed by atoms with E-state index < -0.39 is 5.97 Å². The van der Waals surface area contributed by atoms with Crippen molar-refractivity contribution in [2.45, 2.75) is 108 Å². The third kappa shape index (κ3) is 6.57. The first-order valence-corrected chi connectivity index (χ1v) is 11.4. The Morgan fingerprint density at radius 2 is 1.23 bits per heavy atom. The summed E-state index contributed by atoms with van der Waals surface area (Å²) in [7, 11) is 0.396. The fraction of sp³-hybridized carbons (Fsp3) is 0.947. The molecule has 2 aliphatic heterocycles. The number of hydrogen-bond donors (Lipinski definition) is 1. The van der Waals surface area contributed by atoms with E-state index in [4.69, 9.17) is 5.11 Å². The number of unbranched alkanes of at least 4 members (excludes halogenated alkanes) is 7. The van der Waals surface area contributed by atoms with Gasteiger partial charge in [0.25, 0.3) is 0 Å². The Kier molecular flexibility index (Phi) is 8.82. The summed E-state index contributed by atoms with van der Waals surface area (Å²) in [6.07, 6.45) is 21.4. The molecule has 0 saturated carbocycles. The van der Waals surface area contributed by atoms with E-state index in [0.717, 1.165) is 24.2 Å². The smallest absolute Gasteiger partial charge is 0.303 e. The molecular formula is C19H35O2P. The molecule has 0 aromatic heterocycles. The van der Waals surface area contributed by atoms with Crippen molar-refractivity contribution in [2.75, 3.05) is 6.16 Å². The topological polar surface area (TPSA) is 37.3 Å². The summed E-state index contributed by atoms with van der Waals surface area (Å²) < 4.78 is 0. The Bertz CT molecular complexity index is 297. The van der Waals surface area contributed by atoms with Gasteiger partial charge < -0.3 is 5.11 Å². The molecule has 0 spiro atoms. The second kappa shape index (κ2) is 10.6. The van der Waals surface area contributed by atoms with Gasteiger partial charge in [0.2, 0.25) is 0 Å². The van der Waals surface area contributed by atoms with Crippen LogP contribution in [0.1, 0.15) is 96.3 Å².